The van der Waals surface area contributed by atoms with Crippen LogP contribution in [0.15, 0.2) is 41.3 Å². The van der Waals surface area contributed by atoms with Crippen molar-refractivity contribution in [1.29, 1.82) is 0 Å². The molecule has 1 amide bonds. The van der Waals surface area contributed by atoms with Crippen LogP contribution in [0.1, 0.15) is 48.3 Å². The summed E-state index contributed by atoms with van der Waals surface area (Å²) in [5.74, 6) is 0.0242. The van der Waals surface area contributed by atoms with Crippen LogP contribution < -0.4 is 10.9 Å². The average molecular weight is 472 g/mol. The summed E-state index contributed by atoms with van der Waals surface area (Å²) in [5, 5.41) is 4.10. The smallest absolute Gasteiger partial charge is 0.250 e. The van der Waals surface area contributed by atoms with E-state index in [2.05, 4.69) is 17.4 Å². The Labute approximate surface area is 200 Å². The standard InChI is InChI=1S/C26H34ClN3O3/c1-29-12-10-19(15-25(29)31)22-9-11-28-16-23(22)26(32)30(21-6-7-21)17-20-14-18(4-3-13-33-2)5-8-24(20)27/h5,8,10,12,14-15,21-23,28H,3-4,6-7,9,11,13,16-17H2,1-2H3. The Bertz CT molecular complexity index is 1030. The van der Waals surface area contributed by atoms with Crippen molar-refractivity contribution in [1.82, 2.24) is 14.8 Å². The summed E-state index contributed by atoms with van der Waals surface area (Å²) in [6.07, 6.45) is 6.59. The van der Waals surface area contributed by atoms with E-state index in [0.717, 1.165) is 56.4 Å². The molecule has 1 N–H and O–H groups in total. The molecule has 33 heavy (non-hydrogen) atoms. The molecule has 4 rings (SSSR count). The molecule has 2 unspecified atom stereocenters. The molecule has 2 fully saturated rings. The largest absolute Gasteiger partial charge is 0.385 e. The number of nitrogens with zero attached hydrogens (tertiary/aromatic N) is 2. The van der Waals surface area contributed by atoms with Crippen molar-refractivity contribution < 1.29 is 9.53 Å². The maximum Gasteiger partial charge on any atom is 0.250 e. The van der Waals surface area contributed by atoms with Gasteiger partial charge >= 0.3 is 0 Å². The van der Waals surface area contributed by atoms with E-state index >= 15 is 0 Å². The Balaban J connectivity index is 1.55. The number of methoxy groups -OCH3 is 1. The van der Waals surface area contributed by atoms with Crippen LogP contribution in [0.25, 0.3) is 0 Å². The SMILES string of the molecule is COCCCc1ccc(Cl)c(CN(C(=O)C2CNCCC2c2ccn(C)c(=O)c2)C2CC2)c1. The van der Waals surface area contributed by atoms with E-state index in [0.29, 0.717) is 18.1 Å². The highest BCUT2D eigenvalue weighted by Gasteiger charge is 2.40. The normalized spacial score (nSPS) is 20.6. The van der Waals surface area contributed by atoms with Gasteiger partial charge in [0.1, 0.15) is 0 Å². The summed E-state index contributed by atoms with van der Waals surface area (Å²) in [6.45, 7) is 2.73. The number of pyridine rings is 1. The molecule has 1 saturated carbocycles. The lowest BCUT2D eigenvalue weighted by Crippen LogP contribution is -2.47. The maximum absolute atomic E-state index is 13.9. The summed E-state index contributed by atoms with van der Waals surface area (Å²) in [5.41, 5.74) is 3.15. The van der Waals surface area contributed by atoms with E-state index in [1.54, 1.807) is 31.0 Å². The van der Waals surface area contributed by atoms with E-state index in [1.807, 2.05) is 17.0 Å². The van der Waals surface area contributed by atoms with E-state index in [-0.39, 0.29) is 29.3 Å². The number of piperidine rings is 1. The second-order valence-electron chi connectivity index (χ2n) is 9.33. The molecule has 2 aliphatic rings. The number of rotatable bonds is 9. The van der Waals surface area contributed by atoms with Crippen molar-refractivity contribution in [3.8, 4) is 0 Å². The number of nitrogens with one attached hydrogen (secondary N) is 1. The summed E-state index contributed by atoms with van der Waals surface area (Å²) >= 11 is 6.56. The van der Waals surface area contributed by atoms with E-state index < -0.39 is 0 Å². The number of halogens is 1. The lowest BCUT2D eigenvalue weighted by Gasteiger charge is -2.36. The third-order valence-corrected chi connectivity index (χ3v) is 7.26. The van der Waals surface area contributed by atoms with Gasteiger partial charge in [0.2, 0.25) is 5.91 Å². The Morgan fingerprint density at radius 3 is 2.79 bits per heavy atom. The first-order valence-electron chi connectivity index (χ1n) is 11.9. The molecule has 0 radical (unpaired) electrons. The predicted octanol–water partition coefficient (Wildman–Crippen LogP) is 3.50. The van der Waals surface area contributed by atoms with Crippen molar-refractivity contribution in [3.05, 3.63) is 68.6 Å². The first-order valence-corrected chi connectivity index (χ1v) is 12.3. The second-order valence-corrected chi connectivity index (χ2v) is 9.74. The lowest BCUT2D eigenvalue weighted by atomic mass is 9.80. The third kappa shape index (κ3) is 5.86. The van der Waals surface area contributed by atoms with Crippen LogP contribution in [0.4, 0.5) is 0 Å². The number of aryl methyl sites for hydroxylation is 2. The molecule has 2 atom stereocenters. The zero-order valence-electron chi connectivity index (χ0n) is 19.6. The highest BCUT2D eigenvalue weighted by molar-refractivity contribution is 6.31. The van der Waals surface area contributed by atoms with Gasteiger partial charge in [-0.15, -0.1) is 0 Å². The molecule has 0 bridgehead atoms. The first kappa shape index (κ1) is 24.0. The van der Waals surface area contributed by atoms with Crippen molar-refractivity contribution in [2.45, 2.75) is 50.6 Å². The quantitative estimate of drug-likeness (QED) is 0.568. The summed E-state index contributed by atoms with van der Waals surface area (Å²) in [4.78, 5) is 28.1. The third-order valence-electron chi connectivity index (χ3n) is 6.89. The number of carbonyl (C=O) groups is 1. The minimum absolute atomic E-state index is 0.0339. The number of hydrogen-bond donors (Lipinski definition) is 1. The van der Waals surface area contributed by atoms with Gasteiger partial charge in [-0.2, -0.15) is 0 Å². The summed E-state index contributed by atoms with van der Waals surface area (Å²) in [7, 11) is 3.46. The van der Waals surface area contributed by atoms with Gasteiger partial charge in [0, 0.05) is 57.2 Å². The molecule has 2 heterocycles. The molecule has 1 aromatic heterocycles. The molecule has 6 nitrogen and oxygen atoms in total. The summed E-state index contributed by atoms with van der Waals surface area (Å²) in [6, 6.07) is 10.1. The van der Waals surface area contributed by atoms with E-state index in [9.17, 15) is 9.59 Å². The fourth-order valence-electron chi connectivity index (χ4n) is 4.81. The van der Waals surface area contributed by atoms with Gasteiger partial charge in [-0.1, -0.05) is 23.7 Å². The lowest BCUT2D eigenvalue weighted by molar-refractivity contribution is -0.138. The van der Waals surface area contributed by atoms with Crippen LogP contribution in [0.2, 0.25) is 5.02 Å². The van der Waals surface area contributed by atoms with Gasteiger partial charge in [0.05, 0.1) is 5.92 Å². The monoisotopic (exact) mass is 471 g/mol. The number of amides is 1. The zero-order chi connectivity index (χ0) is 23.4. The van der Waals surface area contributed by atoms with Crippen LogP contribution in [-0.4, -0.2) is 48.2 Å². The molecule has 1 aromatic carbocycles. The zero-order valence-corrected chi connectivity index (χ0v) is 20.3. The van der Waals surface area contributed by atoms with Crippen molar-refractivity contribution in [2.75, 3.05) is 26.8 Å². The first-order chi connectivity index (χ1) is 16.0. The Kier molecular flexibility index (Phi) is 7.89. The molecule has 178 valence electrons. The molecular formula is C26H34ClN3O3. The molecule has 0 spiro atoms. The van der Waals surface area contributed by atoms with Crippen LogP contribution in [0.5, 0.6) is 0 Å². The molecule has 1 saturated heterocycles. The molecule has 1 aliphatic carbocycles. The number of ether oxygens (including phenoxy) is 1. The highest BCUT2D eigenvalue weighted by Crippen LogP contribution is 2.36. The van der Waals surface area contributed by atoms with Gasteiger partial charge in [-0.05, 0) is 73.4 Å². The van der Waals surface area contributed by atoms with Gasteiger partial charge in [0.25, 0.3) is 5.56 Å². The Morgan fingerprint density at radius 1 is 1.24 bits per heavy atom. The van der Waals surface area contributed by atoms with Crippen LogP contribution in [-0.2, 0) is 29.5 Å². The van der Waals surface area contributed by atoms with E-state index in [4.69, 9.17) is 16.3 Å². The predicted molar refractivity (Wildman–Crippen MR) is 131 cm³/mol. The van der Waals surface area contributed by atoms with Gasteiger partial charge < -0.3 is 19.5 Å². The molecule has 1 aliphatic heterocycles. The van der Waals surface area contributed by atoms with Crippen molar-refractivity contribution >= 4 is 17.5 Å². The fourth-order valence-corrected chi connectivity index (χ4v) is 4.98. The maximum atomic E-state index is 13.9. The highest BCUT2D eigenvalue weighted by atomic mass is 35.5. The minimum atomic E-state index is -0.185. The Morgan fingerprint density at radius 2 is 2.06 bits per heavy atom. The number of benzene rings is 1. The second kappa shape index (κ2) is 10.9. The van der Waals surface area contributed by atoms with Crippen molar-refractivity contribution in [2.24, 2.45) is 13.0 Å². The van der Waals surface area contributed by atoms with Crippen LogP contribution in [0.3, 0.4) is 0 Å². The minimum Gasteiger partial charge on any atom is -0.385 e. The topological polar surface area (TPSA) is 63.6 Å². The van der Waals surface area contributed by atoms with Crippen LogP contribution >= 0.6 is 11.6 Å². The number of hydrogen-bond acceptors (Lipinski definition) is 4. The average Bonchev–Trinajstić information content (AvgIpc) is 3.66. The van der Waals surface area contributed by atoms with Crippen molar-refractivity contribution in [3.63, 3.8) is 0 Å². The molecular weight excluding hydrogens is 438 g/mol. The number of carbonyl (C=O) groups excluding carboxylic acids is 1. The molecule has 2 aromatic rings. The van der Waals surface area contributed by atoms with Crippen LogP contribution in [0, 0.1) is 5.92 Å². The van der Waals surface area contributed by atoms with E-state index in [1.165, 1.54) is 5.56 Å². The molecule has 7 heteroatoms. The van der Waals surface area contributed by atoms with Gasteiger partial charge in [-0.3, -0.25) is 9.59 Å². The van der Waals surface area contributed by atoms with Gasteiger partial charge in [-0.25, -0.2) is 0 Å². The fraction of sp³-hybridized carbons (Fsp3) is 0.538. The summed E-state index contributed by atoms with van der Waals surface area (Å²) < 4.78 is 6.74. The number of aromatic nitrogens is 1. The Hall–Kier alpha value is -2.15. The van der Waals surface area contributed by atoms with Gasteiger partial charge in [0.15, 0.2) is 0 Å².